The Balaban J connectivity index is 2.16. The quantitative estimate of drug-likeness (QED) is 0.534. The number of hydrogen-bond donors (Lipinski definition) is 1. The van der Waals surface area contributed by atoms with Gasteiger partial charge >= 0.3 is 0 Å². The summed E-state index contributed by atoms with van der Waals surface area (Å²) in [5.74, 6) is 0.311. The monoisotopic (exact) mass is 139 g/mol. The zero-order valence-corrected chi connectivity index (χ0v) is 6.31. The smallest absolute Gasteiger partial charge is 0.226 e. The highest BCUT2D eigenvalue weighted by Gasteiger charge is 2.49. The van der Waals surface area contributed by atoms with Crippen LogP contribution in [0.2, 0.25) is 0 Å². The summed E-state index contributed by atoms with van der Waals surface area (Å²) in [5, 5.41) is 2.97. The lowest BCUT2D eigenvalue weighted by Gasteiger charge is -2.34. The minimum atomic E-state index is 0.0966. The lowest BCUT2D eigenvalue weighted by Crippen LogP contribution is -2.37. The fraction of sp³-hybridized carbons (Fsp3) is 0.875. The largest absolute Gasteiger partial charge is 0.353 e. The zero-order valence-electron chi connectivity index (χ0n) is 6.31. The van der Waals surface area contributed by atoms with E-state index in [-0.39, 0.29) is 5.41 Å². The van der Waals surface area contributed by atoms with Crippen molar-refractivity contribution in [3.8, 4) is 0 Å². The predicted octanol–water partition coefficient (Wildman–Crippen LogP) is 1.07. The van der Waals surface area contributed by atoms with E-state index in [2.05, 4.69) is 12.2 Å². The van der Waals surface area contributed by atoms with Gasteiger partial charge < -0.3 is 5.32 Å². The molecule has 1 aliphatic carbocycles. The van der Waals surface area contributed by atoms with Crippen LogP contribution >= 0.6 is 0 Å². The van der Waals surface area contributed by atoms with Gasteiger partial charge in [0.25, 0.3) is 0 Å². The molecule has 0 unspecified atom stereocenters. The maximum Gasteiger partial charge on any atom is 0.226 e. The SMILES string of the molecule is C[C@@H]1CC2(CCC2)C(=O)N1. The molecule has 0 radical (unpaired) electrons. The van der Waals surface area contributed by atoms with Gasteiger partial charge in [0, 0.05) is 6.04 Å². The van der Waals surface area contributed by atoms with Gasteiger partial charge in [0.05, 0.1) is 5.41 Å². The molecule has 56 valence electrons. The van der Waals surface area contributed by atoms with Crippen molar-refractivity contribution < 1.29 is 4.79 Å². The molecule has 1 heterocycles. The molecular weight excluding hydrogens is 126 g/mol. The Kier molecular flexibility index (Phi) is 1.08. The maximum absolute atomic E-state index is 11.3. The Labute approximate surface area is 61.0 Å². The standard InChI is InChI=1S/C8H13NO/c1-6-5-8(3-2-4-8)7(10)9-6/h6H,2-5H2,1H3,(H,9,10)/t6-/m1/s1. The van der Waals surface area contributed by atoms with Crippen LogP contribution in [0.25, 0.3) is 0 Å². The van der Waals surface area contributed by atoms with Crippen molar-refractivity contribution in [1.29, 1.82) is 0 Å². The molecule has 1 amide bonds. The summed E-state index contributed by atoms with van der Waals surface area (Å²) in [7, 11) is 0. The minimum Gasteiger partial charge on any atom is -0.353 e. The summed E-state index contributed by atoms with van der Waals surface area (Å²) in [5.41, 5.74) is 0.0966. The van der Waals surface area contributed by atoms with Crippen LogP contribution in [-0.2, 0) is 4.79 Å². The van der Waals surface area contributed by atoms with Gasteiger partial charge in [-0.3, -0.25) is 4.79 Å². The summed E-state index contributed by atoms with van der Waals surface area (Å²) in [6, 6.07) is 0.424. The second-order valence-corrected chi connectivity index (χ2v) is 3.71. The Morgan fingerprint density at radius 2 is 2.30 bits per heavy atom. The van der Waals surface area contributed by atoms with E-state index < -0.39 is 0 Å². The van der Waals surface area contributed by atoms with E-state index in [0.717, 1.165) is 19.3 Å². The normalized spacial score (nSPS) is 35.7. The lowest BCUT2D eigenvalue weighted by molar-refractivity contribution is -0.131. The fourth-order valence-corrected chi connectivity index (χ4v) is 2.14. The van der Waals surface area contributed by atoms with Crippen LogP contribution in [0.15, 0.2) is 0 Å². The van der Waals surface area contributed by atoms with Crippen LogP contribution in [0, 0.1) is 5.41 Å². The van der Waals surface area contributed by atoms with Gasteiger partial charge in [-0.15, -0.1) is 0 Å². The van der Waals surface area contributed by atoms with Crippen LogP contribution in [0.5, 0.6) is 0 Å². The average Bonchev–Trinajstić information content (AvgIpc) is 2.04. The predicted molar refractivity (Wildman–Crippen MR) is 38.5 cm³/mol. The highest BCUT2D eigenvalue weighted by Crippen LogP contribution is 2.47. The van der Waals surface area contributed by atoms with Crippen LogP contribution in [0.3, 0.4) is 0 Å². The van der Waals surface area contributed by atoms with Crippen molar-refractivity contribution in [2.24, 2.45) is 5.41 Å². The van der Waals surface area contributed by atoms with E-state index >= 15 is 0 Å². The minimum absolute atomic E-state index is 0.0966. The van der Waals surface area contributed by atoms with E-state index in [1.807, 2.05) is 0 Å². The summed E-state index contributed by atoms with van der Waals surface area (Å²) in [6.45, 7) is 2.09. The van der Waals surface area contributed by atoms with Crippen molar-refractivity contribution in [2.45, 2.75) is 38.6 Å². The van der Waals surface area contributed by atoms with E-state index in [1.165, 1.54) is 6.42 Å². The second kappa shape index (κ2) is 1.74. The molecule has 0 aromatic heterocycles. The number of nitrogens with one attached hydrogen (secondary N) is 1. The van der Waals surface area contributed by atoms with Gasteiger partial charge in [-0.25, -0.2) is 0 Å². The number of amides is 1. The lowest BCUT2D eigenvalue weighted by atomic mass is 9.67. The third kappa shape index (κ3) is 0.619. The molecule has 1 saturated carbocycles. The number of carbonyl (C=O) groups is 1. The number of rotatable bonds is 0. The Morgan fingerprint density at radius 3 is 2.50 bits per heavy atom. The number of hydrogen-bond acceptors (Lipinski definition) is 1. The maximum atomic E-state index is 11.3. The first kappa shape index (κ1) is 6.20. The molecule has 1 aliphatic heterocycles. The highest BCUT2D eigenvalue weighted by molar-refractivity contribution is 5.86. The molecule has 0 aromatic rings. The average molecular weight is 139 g/mol. The van der Waals surface area contributed by atoms with E-state index in [0.29, 0.717) is 11.9 Å². The first-order chi connectivity index (χ1) is 4.73. The summed E-state index contributed by atoms with van der Waals surface area (Å²) >= 11 is 0. The Hall–Kier alpha value is -0.530. The van der Waals surface area contributed by atoms with Gasteiger partial charge in [0.15, 0.2) is 0 Å². The van der Waals surface area contributed by atoms with Crippen LogP contribution in [0.4, 0.5) is 0 Å². The fourth-order valence-electron chi connectivity index (χ4n) is 2.14. The van der Waals surface area contributed by atoms with E-state index in [1.54, 1.807) is 0 Å². The Bertz CT molecular complexity index is 172. The third-order valence-corrected chi connectivity index (χ3v) is 2.87. The first-order valence-electron chi connectivity index (χ1n) is 4.04. The summed E-state index contributed by atoms with van der Waals surface area (Å²) < 4.78 is 0. The van der Waals surface area contributed by atoms with Gasteiger partial charge in [0.1, 0.15) is 0 Å². The molecule has 2 aliphatic rings. The first-order valence-corrected chi connectivity index (χ1v) is 4.04. The second-order valence-electron chi connectivity index (χ2n) is 3.71. The molecular formula is C8H13NO. The molecule has 2 nitrogen and oxygen atoms in total. The summed E-state index contributed by atoms with van der Waals surface area (Å²) in [6.07, 6.45) is 4.58. The molecule has 0 bridgehead atoms. The Morgan fingerprint density at radius 1 is 1.60 bits per heavy atom. The molecule has 2 rings (SSSR count). The van der Waals surface area contributed by atoms with Gasteiger partial charge in [0.2, 0.25) is 5.91 Å². The number of carbonyl (C=O) groups excluding carboxylic acids is 1. The molecule has 10 heavy (non-hydrogen) atoms. The van der Waals surface area contributed by atoms with Gasteiger partial charge in [-0.2, -0.15) is 0 Å². The van der Waals surface area contributed by atoms with Crippen molar-refractivity contribution in [3.63, 3.8) is 0 Å². The highest BCUT2D eigenvalue weighted by atomic mass is 16.2. The molecule has 1 spiro atoms. The molecule has 2 fully saturated rings. The van der Waals surface area contributed by atoms with Gasteiger partial charge in [-0.1, -0.05) is 6.42 Å². The molecule has 0 aromatic carbocycles. The van der Waals surface area contributed by atoms with Crippen molar-refractivity contribution >= 4 is 5.91 Å². The zero-order chi connectivity index (χ0) is 7.19. The van der Waals surface area contributed by atoms with Crippen LogP contribution < -0.4 is 5.32 Å². The van der Waals surface area contributed by atoms with Crippen molar-refractivity contribution in [2.75, 3.05) is 0 Å². The van der Waals surface area contributed by atoms with E-state index in [4.69, 9.17) is 0 Å². The van der Waals surface area contributed by atoms with Crippen molar-refractivity contribution in [1.82, 2.24) is 5.32 Å². The summed E-state index contributed by atoms with van der Waals surface area (Å²) in [4.78, 5) is 11.3. The molecule has 1 saturated heterocycles. The topological polar surface area (TPSA) is 29.1 Å². The van der Waals surface area contributed by atoms with Gasteiger partial charge in [-0.05, 0) is 26.2 Å². The van der Waals surface area contributed by atoms with Crippen LogP contribution in [0.1, 0.15) is 32.6 Å². The molecule has 2 heteroatoms. The molecule has 1 N–H and O–H groups in total. The third-order valence-electron chi connectivity index (χ3n) is 2.87. The molecule has 1 atom stereocenters. The van der Waals surface area contributed by atoms with E-state index in [9.17, 15) is 4.79 Å². The van der Waals surface area contributed by atoms with Crippen molar-refractivity contribution in [3.05, 3.63) is 0 Å². The van der Waals surface area contributed by atoms with Crippen LogP contribution in [-0.4, -0.2) is 11.9 Å².